The summed E-state index contributed by atoms with van der Waals surface area (Å²) in [6.07, 6.45) is 0. The molecule has 144 valence electrons. The summed E-state index contributed by atoms with van der Waals surface area (Å²) in [4.78, 5) is 0. The average molecular weight is 392 g/mol. The largest absolute Gasteiger partial charge is 0.489 e. The second kappa shape index (κ2) is 8.04. The molecule has 0 aromatic heterocycles. The standard InChI is InChI=1S/C23H25N3OS/c1-15-7-5-6-8-17(15)14-27-18-11-9-16(10-12-18)20-19(13-24)21(23(2,3)4)26-22(28)25-20/h5-12,20H,14H2,1-4H3,(H2,25,26,28)/t20-/m1/s1. The van der Waals surface area contributed by atoms with Crippen LogP contribution in [0.2, 0.25) is 0 Å². The fourth-order valence-electron chi connectivity index (χ4n) is 3.22. The van der Waals surface area contributed by atoms with Crippen molar-refractivity contribution in [1.82, 2.24) is 10.6 Å². The molecule has 0 bridgehead atoms. The van der Waals surface area contributed by atoms with Crippen LogP contribution in [-0.4, -0.2) is 5.11 Å². The van der Waals surface area contributed by atoms with Crippen molar-refractivity contribution in [1.29, 1.82) is 5.26 Å². The third-order valence-corrected chi connectivity index (χ3v) is 5.03. The molecular weight excluding hydrogens is 366 g/mol. The van der Waals surface area contributed by atoms with Crippen molar-refractivity contribution in [2.75, 3.05) is 0 Å². The number of benzene rings is 2. The summed E-state index contributed by atoms with van der Waals surface area (Å²) in [6.45, 7) is 8.82. The van der Waals surface area contributed by atoms with E-state index in [4.69, 9.17) is 17.0 Å². The van der Waals surface area contributed by atoms with Gasteiger partial charge in [-0.05, 0) is 48.0 Å². The SMILES string of the molecule is Cc1ccccc1COc1ccc([C@H]2NC(=S)NC(C(C)(C)C)=C2C#N)cc1. The molecule has 4 nitrogen and oxygen atoms in total. The Labute approximate surface area is 172 Å². The van der Waals surface area contributed by atoms with Gasteiger partial charge in [0.05, 0.1) is 17.7 Å². The number of nitrogens with one attached hydrogen (secondary N) is 2. The topological polar surface area (TPSA) is 57.1 Å². The first-order chi connectivity index (χ1) is 13.3. The van der Waals surface area contributed by atoms with Crippen LogP contribution < -0.4 is 15.4 Å². The number of hydrogen-bond acceptors (Lipinski definition) is 3. The molecule has 1 atom stereocenters. The second-order valence-corrected chi connectivity index (χ2v) is 8.37. The Kier molecular flexibility index (Phi) is 5.71. The Hall–Kier alpha value is -2.84. The molecule has 28 heavy (non-hydrogen) atoms. The first kappa shape index (κ1) is 19.9. The van der Waals surface area contributed by atoms with Crippen molar-refractivity contribution in [3.8, 4) is 11.8 Å². The lowest BCUT2D eigenvalue weighted by Crippen LogP contribution is -2.46. The molecule has 0 radical (unpaired) electrons. The van der Waals surface area contributed by atoms with Gasteiger partial charge >= 0.3 is 0 Å². The molecule has 2 N–H and O–H groups in total. The van der Waals surface area contributed by atoms with Crippen molar-refractivity contribution in [3.05, 3.63) is 76.5 Å². The smallest absolute Gasteiger partial charge is 0.171 e. The van der Waals surface area contributed by atoms with E-state index >= 15 is 0 Å². The molecule has 0 fully saturated rings. The number of hydrogen-bond donors (Lipinski definition) is 2. The van der Waals surface area contributed by atoms with Gasteiger partial charge in [0.15, 0.2) is 5.11 Å². The molecular formula is C23H25N3OS. The van der Waals surface area contributed by atoms with Gasteiger partial charge in [0, 0.05) is 11.1 Å². The maximum absolute atomic E-state index is 9.78. The highest BCUT2D eigenvalue weighted by molar-refractivity contribution is 7.80. The molecule has 3 rings (SSSR count). The van der Waals surface area contributed by atoms with Crippen LogP contribution in [0.1, 0.15) is 43.5 Å². The Bertz CT molecular complexity index is 949. The van der Waals surface area contributed by atoms with Crippen LogP contribution in [0.4, 0.5) is 0 Å². The summed E-state index contributed by atoms with van der Waals surface area (Å²) in [6, 6.07) is 18.1. The van der Waals surface area contributed by atoms with Crippen molar-refractivity contribution < 1.29 is 4.74 Å². The van der Waals surface area contributed by atoms with Gasteiger partial charge in [-0.1, -0.05) is 57.2 Å². The van der Waals surface area contributed by atoms with Crippen molar-refractivity contribution in [2.45, 2.75) is 40.3 Å². The fourth-order valence-corrected chi connectivity index (χ4v) is 3.44. The quantitative estimate of drug-likeness (QED) is 0.725. The van der Waals surface area contributed by atoms with Gasteiger partial charge < -0.3 is 15.4 Å². The number of allylic oxidation sites excluding steroid dienone is 1. The highest BCUT2D eigenvalue weighted by atomic mass is 32.1. The molecule has 2 aromatic carbocycles. The lowest BCUT2D eigenvalue weighted by atomic mass is 9.84. The minimum atomic E-state index is -0.265. The summed E-state index contributed by atoms with van der Waals surface area (Å²) in [7, 11) is 0. The first-order valence-corrected chi connectivity index (χ1v) is 9.70. The van der Waals surface area contributed by atoms with Crippen LogP contribution in [0.25, 0.3) is 0 Å². The van der Waals surface area contributed by atoms with Crippen LogP contribution >= 0.6 is 12.2 Å². The summed E-state index contributed by atoms with van der Waals surface area (Å²) in [5.74, 6) is 0.794. The van der Waals surface area contributed by atoms with Gasteiger partial charge in [-0.15, -0.1) is 0 Å². The molecule has 5 heteroatoms. The van der Waals surface area contributed by atoms with Crippen LogP contribution in [0, 0.1) is 23.7 Å². The summed E-state index contributed by atoms with van der Waals surface area (Å²) in [5.41, 5.74) is 4.68. The van der Waals surface area contributed by atoms with Crippen LogP contribution in [-0.2, 0) is 6.61 Å². The second-order valence-electron chi connectivity index (χ2n) is 7.97. The van der Waals surface area contributed by atoms with Crippen LogP contribution in [0.5, 0.6) is 5.75 Å². The highest BCUT2D eigenvalue weighted by Gasteiger charge is 2.32. The van der Waals surface area contributed by atoms with Gasteiger partial charge in [-0.2, -0.15) is 5.26 Å². The van der Waals surface area contributed by atoms with E-state index in [2.05, 4.69) is 56.5 Å². The molecule has 0 amide bonds. The van der Waals surface area contributed by atoms with Crippen molar-refractivity contribution in [2.24, 2.45) is 5.41 Å². The Morgan fingerprint density at radius 1 is 1.11 bits per heavy atom. The Balaban J connectivity index is 1.81. The third kappa shape index (κ3) is 4.35. The molecule has 0 saturated carbocycles. The maximum atomic E-state index is 9.78. The number of nitriles is 1. The summed E-state index contributed by atoms with van der Waals surface area (Å²) < 4.78 is 5.93. The normalized spacial score (nSPS) is 16.8. The molecule has 0 spiro atoms. The van der Waals surface area contributed by atoms with E-state index in [1.807, 2.05) is 36.4 Å². The van der Waals surface area contributed by atoms with Crippen LogP contribution in [0.15, 0.2) is 59.8 Å². The number of rotatable bonds is 4. The van der Waals surface area contributed by atoms with Crippen molar-refractivity contribution in [3.63, 3.8) is 0 Å². The summed E-state index contributed by atoms with van der Waals surface area (Å²) >= 11 is 5.37. The van der Waals surface area contributed by atoms with E-state index in [1.54, 1.807) is 0 Å². The van der Waals surface area contributed by atoms with Crippen molar-refractivity contribution >= 4 is 17.3 Å². The highest BCUT2D eigenvalue weighted by Crippen LogP contribution is 2.34. The third-order valence-electron chi connectivity index (χ3n) is 4.81. The van der Waals surface area contributed by atoms with E-state index in [-0.39, 0.29) is 11.5 Å². The van der Waals surface area contributed by atoms with E-state index in [0.29, 0.717) is 17.3 Å². The number of thiocarbonyl (C=S) groups is 1. The Morgan fingerprint density at radius 3 is 2.39 bits per heavy atom. The number of aryl methyl sites for hydroxylation is 1. The Morgan fingerprint density at radius 2 is 1.79 bits per heavy atom. The zero-order valence-electron chi connectivity index (χ0n) is 16.7. The van der Waals surface area contributed by atoms with E-state index in [0.717, 1.165) is 17.0 Å². The van der Waals surface area contributed by atoms with E-state index in [1.165, 1.54) is 11.1 Å². The molecule has 1 aliphatic rings. The first-order valence-electron chi connectivity index (χ1n) is 9.29. The summed E-state index contributed by atoms with van der Waals surface area (Å²) in [5, 5.41) is 16.7. The molecule has 1 aliphatic heterocycles. The predicted octanol–water partition coefficient (Wildman–Crippen LogP) is 4.92. The minimum absolute atomic E-state index is 0.202. The molecule has 0 unspecified atom stereocenters. The molecule has 0 saturated heterocycles. The van der Waals surface area contributed by atoms with Gasteiger partial charge in [0.25, 0.3) is 0 Å². The molecule has 2 aromatic rings. The molecule has 1 heterocycles. The minimum Gasteiger partial charge on any atom is -0.489 e. The zero-order chi connectivity index (χ0) is 20.3. The van der Waals surface area contributed by atoms with Crippen LogP contribution in [0.3, 0.4) is 0 Å². The van der Waals surface area contributed by atoms with E-state index in [9.17, 15) is 5.26 Å². The predicted molar refractivity (Wildman–Crippen MR) is 116 cm³/mol. The van der Waals surface area contributed by atoms with Gasteiger partial charge in [0.1, 0.15) is 12.4 Å². The van der Waals surface area contributed by atoms with Gasteiger partial charge in [-0.25, -0.2) is 0 Å². The molecule has 0 aliphatic carbocycles. The average Bonchev–Trinajstić information content (AvgIpc) is 2.66. The lowest BCUT2D eigenvalue weighted by molar-refractivity contribution is 0.305. The van der Waals surface area contributed by atoms with E-state index < -0.39 is 0 Å². The van der Waals surface area contributed by atoms with Gasteiger partial charge in [-0.3, -0.25) is 0 Å². The monoisotopic (exact) mass is 391 g/mol. The van der Waals surface area contributed by atoms with Gasteiger partial charge in [0.2, 0.25) is 0 Å². The fraction of sp³-hybridized carbons (Fsp3) is 0.304. The maximum Gasteiger partial charge on any atom is 0.171 e. The number of nitrogens with zero attached hydrogens (tertiary/aromatic N) is 1. The number of ether oxygens (including phenoxy) is 1. The lowest BCUT2D eigenvalue weighted by Gasteiger charge is -2.34. The zero-order valence-corrected chi connectivity index (χ0v) is 17.5.